The monoisotopic (exact) mass is 273 g/mol. The van der Waals surface area contributed by atoms with E-state index in [0.29, 0.717) is 12.4 Å². The lowest BCUT2D eigenvalue weighted by molar-refractivity contribution is 0.159. The quantitative estimate of drug-likeness (QED) is 0.848. The van der Waals surface area contributed by atoms with E-state index in [2.05, 4.69) is 10.4 Å². The number of nitrogens with one attached hydrogen (secondary N) is 1. The van der Waals surface area contributed by atoms with Crippen molar-refractivity contribution >= 4 is 11.9 Å². The van der Waals surface area contributed by atoms with Crippen LogP contribution in [0.5, 0.6) is 0 Å². The number of aryl methyl sites for hydroxylation is 1. The van der Waals surface area contributed by atoms with Gasteiger partial charge >= 0.3 is 6.09 Å². The van der Waals surface area contributed by atoms with Crippen LogP contribution in [0.4, 0.5) is 10.6 Å². The lowest BCUT2D eigenvalue weighted by Gasteiger charge is -2.09. The maximum Gasteiger partial charge on any atom is 0.412 e. The average molecular weight is 273 g/mol. The molecule has 5 heteroatoms. The van der Waals surface area contributed by atoms with Gasteiger partial charge in [-0.3, -0.25) is 5.32 Å². The minimum atomic E-state index is -0.452. The number of unbranched alkanes of at least 4 members (excludes halogenated alkanes) is 1. The van der Waals surface area contributed by atoms with E-state index in [9.17, 15) is 4.79 Å². The van der Waals surface area contributed by atoms with Crippen LogP contribution >= 0.6 is 0 Å². The lowest BCUT2D eigenvalue weighted by Crippen LogP contribution is -2.17. The van der Waals surface area contributed by atoms with Gasteiger partial charge in [0.2, 0.25) is 0 Å². The molecule has 1 aromatic carbocycles. The largest absolute Gasteiger partial charge is 0.449 e. The van der Waals surface area contributed by atoms with E-state index in [0.717, 1.165) is 18.5 Å². The number of rotatable bonds is 5. The molecule has 1 aromatic heterocycles. The van der Waals surface area contributed by atoms with Crippen molar-refractivity contribution in [2.75, 3.05) is 11.9 Å². The van der Waals surface area contributed by atoms with Gasteiger partial charge in [-0.15, -0.1) is 0 Å². The Morgan fingerprint density at radius 3 is 2.75 bits per heavy atom. The molecule has 2 rings (SSSR count). The van der Waals surface area contributed by atoms with Crippen LogP contribution in [-0.2, 0) is 4.74 Å². The van der Waals surface area contributed by atoms with Gasteiger partial charge in [-0.05, 0) is 25.5 Å². The van der Waals surface area contributed by atoms with E-state index in [-0.39, 0.29) is 0 Å². The molecule has 0 aliphatic carbocycles. The molecule has 2 aromatic rings. The lowest BCUT2D eigenvalue weighted by atomic mass is 10.2. The molecule has 1 heterocycles. The standard InChI is InChI=1S/C15H19N3O2/c1-3-4-11-20-15(19)17-14-9-10-16-18(14)13-7-5-12(2)6-8-13/h5-10H,3-4,11H2,1-2H3,(H,17,19). The van der Waals surface area contributed by atoms with Crippen molar-refractivity contribution in [3.63, 3.8) is 0 Å². The SMILES string of the molecule is CCCCOC(=O)Nc1ccnn1-c1ccc(C)cc1. The second-order valence-corrected chi connectivity index (χ2v) is 4.58. The highest BCUT2D eigenvalue weighted by molar-refractivity contribution is 5.83. The summed E-state index contributed by atoms with van der Waals surface area (Å²) < 4.78 is 6.74. The van der Waals surface area contributed by atoms with Crippen molar-refractivity contribution in [1.29, 1.82) is 0 Å². The van der Waals surface area contributed by atoms with Gasteiger partial charge in [0.25, 0.3) is 0 Å². The van der Waals surface area contributed by atoms with Gasteiger partial charge in [-0.1, -0.05) is 31.0 Å². The van der Waals surface area contributed by atoms with E-state index in [4.69, 9.17) is 4.74 Å². The second kappa shape index (κ2) is 6.75. The predicted octanol–water partition coefficient (Wildman–Crippen LogP) is 3.53. The number of amides is 1. The Hall–Kier alpha value is -2.30. The highest BCUT2D eigenvalue weighted by Gasteiger charge is 2.09. The molecule has 0 saturated heterocycles. The third-order valence-electron chi connectivity index (χ3n) is 2.88. The summed E-state index contributed by atoms with van der Waals surface area (Å²) in [5, 5.41) is 6.91. The van der Waals surface area contributed by atoms with E-state index < -0.39 is 6.09 Å². The molecule has 0 aliphatic rings. The fourth-order valence-electron chi connectivity index (χ4n) is 1.74. The number of nitrogens with zero attached hydrogens (tertiary/aromatic N) is 2. The molecule has 0 fully saturated rings. The normalized spacial score (nSPS) is 10.3. The van der Waals surface area contributed by atoms with Gasteiger partial charge in [0, 0.05) is 6.07 Å². The Balaban J connectivity index is 2.05. The molecule has 0 spiro atoms. The molecule has 1 amide bonds. The second-order valence-electron chi connectivity index (χ2n) is 4.58. The van der Waals surface area contributed by atoms with Crippen LogP contribution in [-0.4, -0.2) is 22.5 Å². The first kappa shape index (κ1) is 14.1. The Labute approximate surface area is 118 Å². The molecule has 0 saturated carbocycles. The first-order chi connectivity index (χ1) is 9.70. The summed E-state index contributed by atoms with van der Waals surface area (Å²) >= 11 is 0. The maximum absolute atomic E-state index is 11.6. The van der Waals surface area contributed by atoms with Crippen LogP contribution < -0.4 is 5.32 Å². The zero-order chi connectivity index (χ0) is 14.4. The van der Waals surface area contributed by atoms with Crippen molar-refractivity contribution in [1.82, 2.24) is 9.78 Å². The van der Waals surface area contributed by atoms with E-state index in [1.54, 1.807) is 16.9 Å². The zero-order valence-corrected chi connectivity index (χ0v) is 11.8. The Bertz CT molecular complexity index is 561. The maximum atomic E-state index is 11.6. The van der Waals surface area contributed by atoms with E-state index in [1.807, 2.05) is 38.1 Å². The fourth-order valence-corrected chi connectivity index (χ4v) is 1.74. The van der Waals surface area contributed by atoms with E-state index in [1.165, 1.54) is 5.56 Å². The Morgan fingerprint density at radius 1 is 1.30 bits per heavy atom. The molecule has 0 unspecified atom stereocenters. The summed E-state index contributed by atoms with van der Waals surface area (Å²) in [6.07, 6.45) is 3.05. The first-order valence-corrected chi connectivity index (χ1v) is 6.75. The summed E-state index contributed by atoms with van der Waals surface area (Å²) in [6, 6.07) is 9.65. The van der Waals surface area contributed by atoms with Crippen LogP contribution in [0.25, 0.3) is 5.69 Å². The van der Waals surface area contributed by atoms with E-state index >= 15 is 0 Å². The number of carbonyl (C=O) groups excluding carboxylic acids is 1. The molecule has 0 bridgehead atoms. The third-order valence-corrected chi connectivity index (χ3v) is 2.88. The molecule has 106 valence electrons. The number of hydrogen-bond acceptors (Lipinski definition) is 3. The summed E-state index contributed by atoms with van der Waals surface area (Å²) in [6.45, 7) is 4.51. The summed E-state index contributed by atoms with van der Waals surface area (Å²) in [5.41, 5.74) is 2.07. The van der Waals surface area contributed by atoms with Crippen LogP contribution in [0.1, 0.15) is 25.3 Å². The molecule has 5 nitrogen and oxygen atoms in total. The average Bonchev–Trinajstić information content (AvgIpc) is 2.88. The van der Waals surface area contributed by atoms with Crippen molar-refractivity contribution in [3.05, 3.63) is 42.1 Å². The van der Waals surface area contributed by atoms with Crippen LogP contribution in [0.2, 0.25) is 0 Å². The molecule has 0 atom stereocenters. The third kappa shape index (κ3) is 3.60. The highest BCUT2D eigenvalue weighted by Crippen LogP contribution is 2.15. The van der Waals surface area contributed by atoms with Crippen LogP contribution in [0.3, 0.4) is 0 Å². The van der Waals surface area contributed by atoms with Gasteiger partial charge in [-0.25, -0.2) is 9.48 Å². The highest BCUT2D eigenvalue weighted by atomic mass is 16.5. The summed E-state index contributed by atoms with van der Waals surface area (Å²) in [7, 11) is 0. The molecule has 0 radical (unpaired) electrons. The minimum absolute atomic E-state index is 0.432. The number of hydrogen-bond donors (Lipinski definition) is 1. The number of carbonyl (C=O) groups is 1. The van der Waals surface area contributed by atoms with Crippen molar-refractivity contribution < 1.29 is 9.53 Å². The molecular formula is C15H19N3O2. The minimum Gasteiger partial charge on any atom is -0.449 e. The number of ether oxygens (including phenoxy) is 1. The zero-order valence-electron chi connectivity index (χ0n) is 11.8. The summed E-state index contributed by atoms with van der Waals surface area (Å²) in [5.74, 6) is 0.593. The van der Waals surface area contributed by atoms with Gasteiger partial charge in [0.15, 0.2) is 0 Å². The Kier molecular flexibility index (Phi) is 4.76. The number of aromatic nitrogens is 2. The van der Waals surface area contributed by atoms with Gasteiger partial charge in [-0.2, -0.15) is 5.10 Å². The number of anilines is 1. The van der Waals surface area contributed by atoms with Crippen molar-refractivity contribution in [2.45, 2.75) is 26.7 Å². The van der Waals surface area contributed by atoms with Crippen LogP contribution in [0.15, 0.2) is 36.5 Å². The fraction of sp³-hybridized carbons (Fsp3) is 0.333. The first-order valence-electron chi connectivity index (χ1n) is 6.75. The van der Waals surface area contributed by atoms with Gasteiger partial charge in [0.05, 0.1) is 18.5 Å². The topological polar surface area (TPSA) is 56.1 Å². The van der Waals surface area contributed by atoms with Gasteiger partial charge in [0.1, 0.15) is 5.82 Å². The molecule has 20 heavy (non-hydrogen) atoms. The molecular weight excluding hydrogens is 254 g/mol. The van der Waals surface area contributed by atoms with Crippen molar-refractivity contribution in [3.8, 4) is 5.69 Å². The number of benzene rings is 1. The Morgan fingerprint density at radius 2 is 2.05 bits per heavy atom. The van der Waals surface area contributed by atoms with Crippen LogP contribution in [0, 0.1) is 6.92 Å². The molecule has 0 aliphatic heterocycles. The predicted molar refractivity (Wildman–Crippen MR) is 78.2 cm³/mol. The summed E-state index contributed by atoms with van der Waals surface area (Å²) in [4.78, 5) is 11.6. The smallest absolute Gasteiger partial charge is 0.412 e. The molecule has 1 N–H and O–H groups in total. The van der Waals surface area contributed by atoms with Crippen molar-refractivity contribution in [2.24, 2.45) is 0 Å². The van der Waals surface area contributed by atoms with Gasteiger partial charge < -0.3 is 4.74 Å².